The fraction of sp³-hybridized carbons (Fsp3) is 0.500. The largest absolute Gasteiger partial charge is 0.291 e. The highest BCUT2D eigenvalue weighted by Crippen LogP contribution is 2.71. The molecule has 2 rings (SSSR count). The zero-order valence-corrected chi connectivity index (χ0v) is 7.26. The zero-order chi connectivity index (χ0) is 10.2. The quantitative estimate of drug-likeness (QED) is 0.483. The lowest BCUT2D eigenvalue weighted by Gasteiger charge is -2.56. The van der Waals surface area contributed by atoms with E-state index in [1.54, 1.807) is 0 Å². The minimum absolute atomic E-state index is 1.87. The third-order valence-electron chi connectivity index (χ3n) is 2.30. The van der Waals surface area contributed by atoms with Crippen LogP contribution in [0.2, 0.25) is 0 Å². The van der Waals surface area contributed by atoms with Gasteiger partial charge < -0.3 is 0 Å². The lowest BCUT2D eigenvalue weighted by atomic mass is 9.56. The minimum Gasteiger partial charge on any atom is -0.291 e. The van der Waals surface area contributed by atoms with Gasteiger partial charge in [-0.3, -0.25) is 4.79 Å². The van der Waals surface area contributed by atoms with E-state index in [-0.39, 0.29) is 0 Å². The lowest BCUT2D eigenvalue weighted by molar-refractivity contribution is -0.203. The van der Waals surface area contributed by atoms with Gasteiger partial charge in [-0.1, -0.05) is 0 Å². The molecule has 72 valence electrons. The van der Waals surface area contributed by atoms with Gasteiger partial charge in [-0.25, -0.2) is 22.0 Å². The van der Waals surface area contributed by atoms with Crippen molar-refractivity contribution < 1.29 is 26.7 Å². The molecule has 7 heteroatoms. The molecule has 0 bridgehead atoms. The van der Waals surface area contributed by atoms with Gasteiger partial charge in [0.15, 0.2) is 11.7 Å². The Kier molecular flexibility index (Phi) is 1.28. The van der Waals surface area contributed by atoms with Crippen LogP contribution in [-0.2, 0) is 4.79 Å². The molecule has 2 aliphatic carbocycles. The van der Waals surface area contributed by atoms with E-state index >= 15 is 0 Å². The molecule has 3 atom stereocenters. The maximum Gasteiger partial charge on any atom is 0.271 e. The third kappa shape index (κ3) is 0.506. The molecule has 0 aliphatic heterocycles. The highest BCUT2D eigenvalue weighted by atomic mass is 79.9. The van der Waals surface area contributed by atoms with Gasteiger partial charge in [-0.2, -0.15) is 0 Å². The minimum atomic E-state index is -3.83. The van der Waals surface area contributed by atoms with E-state index in [2.05, 4.69) is 0 Å². The average Bonchev–Trinajstić information content (AvgIpc) is 2.11. The molecule has 2 aliphatic rings. The van der Waals surface area contributed by atoms with Crippen molar-refractivity contribution in [3.8, 4) is 0 Å². The summed E-state index contributed by atoms with van der Waals surface area (Å²) in [6.45, 7) is 0. The van der Waals surface area contributed by atoms with Crippen LogP contribution in [0.25, 0.3) is 0 Å². The topological polar surface area (TPSA) is 17.1 Å². The summed E-state index contributed by atoms with van der Waals surface area (Å²) in [5.41, 5.74) is -7.60. The normalized spacial score (nSPS) is 54.2. The van der Waals surface area contributed by atoms with Crippen LogP contribution in [-0.4, -0.2) is 21.7 Å². The van der Waals surface area contributed by atoms with Crippen LogP contribution in [0.3, 0.4) is 0 Å². The van der Waals surface area contributed by atoms with Crippen molar-refractivity contribution in [2.45, 2.75) is 15.9 Å². The fourth-order valence-electron chi connectivity index (χ4n) is 1.46. The summed E-state index contributed by atoms with van der Waals surface area (Å²) >= 11 is 1.87. The number of carbonyl (C=O) groups is 1. The molecule has 1 saturated carbocycles. The molecular weight excluding hydrogens is 263 g/mol. The van der Waals surface area contributed by atoms with Crippen molar-refractivity contribution in [3.05, 3.63) is 11.7 Å². The highest BCUT2D eigenvalue weighted by molar-refractivity contribution is 9.10. The first kappa shape index (κ1) is 9.11. The summed E-state index contributed by atoms with van der Waals surface area (Å²) in [7, 11) is 0. The second-order valence-electron chi connectivity index (χ2n) is 2.85. The predicted molar refractivity (Wildman–Crippen MR) is 34.7 cm³/mol. The van der Waals surface area contributed by atoms with E-state index in [9.17, 15) is 26.7 Å². The van der Waals surface area contributed by atoms with Crippen LogP contribution < -0.4 is 0 Å². The summed E-state index contributed by atoms with van der Waals surface area (Å²) in [6.07, 6.45) is 0. The van der Waals surface area contributed by atoms with E-state index in [0.29, 0.717) is 0 Å². The Labute approximate surface area is 76.7 Å². The second-order valence-corrected chi connectivity index (χ2v) is 3.94. The number of ketones is 1. The molecule has 0 heterocycles. The Hall–Kier alpha value is -0.460. The van der Waals surface area contributed by atoms with Crippen LogP contribution in [0, 0.1) is 0 Å². The second kappa shape index (κ2) is 1.82. The van der Waals surface area contributed by atoms with Crippen LogP contribution in [0.1, 0.15) is 0 Å². The summed E-state index contributed by atoms with van der Waals surface area (Å²) in [5, 5.41) is 0. The SMILES string of the molecule is O=C1C(F)(Br)C2(F)C(F)=C(F)C12F. The zero-order valence-electron chi connectivity index (χ0n) is 5.68. The number of carbonyl (C=O) groups excluding carboxylic acids is 1. The van der Waals surface area contributed by atoms with Crippen LogP contribution in [0.15, 0.2) is 11.7 Å². The van der Waals surface area contributed by atoms with Gasteiger partial charge in [0.2, 0.25) is 5.78 Å². The van der Waals surface area contributed by atoms with E-state index in [0.717, 1.165) is 0 Å². The molecule has 1 nitrogen and oxygen atoms in total. The molecule has 13 heavy (non-hydrogen) atoms. The first-order valence-electron chi connectivity index (χ1n) is 3.09. The number of halogens is 6. The number of Topliss-reactive ketones (excluding diaryl/α,β-unsaturated/α-hetero) is 1. The smallest absolute Gasteiger partial charge is 0.271 e. The molecule has 1 fully saturated rings. The number of fused-ring (bicyclic) bond motifs is 1. The number of allylic oxidation sites excluding steroid dienone is 2. The number of rotatable bonds is 0. The lowest BCUT2D eigenvalue weighted by Crippen LogP contribution is -2.84. The van der Waals surface area contributed by atoms with Gasteiger partial charge in [-0.15, -0.1) is 0 Å². The van der Waals surface area contributed by atoms with Gasteiger partial charge >= 0.3 is 0 Å². The standard InChI is InChI=1S/C6BrF5O/c7-6(12)3(13)4(10)1(8)2(9)5(4,6)11. The third-order valence-corrected chi connectivity index (χ3v) is 3.21. The van der Waals surface area contributed by atoms with Crippen molar-refractivity contribution in [2.24, 2.45) is 0 Å². The van der Waals surface area contributed by atoms with Gasteiger partial charge in [-0.05, 0) is 15.9 Å². The van der Waals surface area contributed by atoms with Gasteiger partial charge in [0, 0.05) is 0 Å². The van der Waals surface area contributed by atoms with Crippen molar-refractivity contribution in [2.75, 3.05) is 0 Å². The van der Waals surface area contributed by atoms with E-state index < -0.39 is 33.4 Å². The predicted octanol–water partition coefficient (Wildman–Crippen LogP) is 2.21. The molecule has 0 aromatic carbocycles. The van der Waals surface area contributed by atoms with Gasteiger partial charge in [0.25, 0.3) is 15.9 Å². The number of hydrogen-bond acceptors (Lipinski definition) is 1. The van der Waals surface area contributed by atoms with Gasteiger partial charge in [0.1, 0.15) is 0 Å². The van der Waals surface area contributed by atoms with Crippen molar-refractivity contribution in [3.63, 3.8) is 0 Å². The summed E-state index contributed by atoms with van der Waals surface area (Å²) in [4.78, 5) is 10.6. The Morgan fingerprint density at radius 3 is 1.92 bits per heavy atom. The highest BCUT2D eigenvalue weighted by Gasteiger charge is 2.95. The van der Waals surface area contributed by atoms with E-state index in [4.69, 9.17) is 0 Å². The first-order valence-corrected chi connectivity index (χ1v) is 3.88. The summed E-state index contributed by atoms with van der Waals surface area (Å²) in [6, 6.07) is 0. The van der Waals surface area contributed by atoms with E-state index in [1.165, 1.54) is 0 Å². The van der Waals surface area contributed by atoms with Gasteiger partial charge in [0.05, 0.1) is 0 Å². The summed E-state index contributed by atoms with van der Waals surface area (Å²) in [5.74, 6) is -6.36. The Bertz CT molecular complexity index is 364. The molecule has 0 aromatic heterocycles. The molecule has 0 saturated heterocycles. The Morgan fingerprint density at radius 1 is 1.08 bits per heavy atom. The van der Waals surface area contributed by atoms with Crippen LogP contribution >= 0.6 is 15.9 Å². The molecular formula is C6BrF5O. The van der Waals surface area contributed by atoms with Crippen LogP contribution in [0.4, 0.5) is 22.0 Å². The molecule has 0 amide bonds. The molecule has 0 aromatic rings. The maximum atomic E-state index is 13.1. The van der Waals surface area contributed by atoms with E-state index in [1.807, 2.05) is 15.9 Å². The fourth-order valence-corrected chi connectivity index (χ4v) is 2.18. The van der Waals surface area contributed by atoms with Crippen molar-refractivity contribution in [1.29, 1.82) is 0 Å². The Balaban J connectivity index is 2.63. The monoisotopic (exact) mass is 262 g/mol. The molecule has 0 radical (unpaired) electrons. The first-order chi connectivity index (χ1) is 5.72. The molecule has 0 spiro atoms. The average molecular weight is 263 g/mol. The van der Waals surface area contributed by atoms with Crippen molar-refractivity contribution >= 4 is 21.7 Å². The number of hydrogen-bond donors (Lipinski definition) is 0. The maximum absolute atomic E-state index is 13.1. The molecule has 0 N–H and O–H groups in total. The number of alkyl halides is 4. The van der Waals surface area contributed by atoms with Crippen molar-refractivity contribution in [1.82, 2.24) is 0 Å². The summed E-state index contributed by atoms with van der Waals surface area (Å²) < 4.78 is 60.0. The Morgan fingerprint density at radius 2 is 1.54 bits per heavy atom. The van der Waals surface area contributed by atoms with Crippen LogP contribution in [0.5, 0.6) is 0 Å². The molecule has 3 unspecified atom stereocenters.